The third kappa shape index (κ3) is 4.50. The first-order valence-electron chi connectivity index (χ1n) is 9.43. The van der Waals surface area contributed by atoms with Crippen molar-refractivity contribution in [1.29, 1.82) is 0 Å². The van der Waals surface area contributed by atoms with Gasteiger partial charge in [0.1, 0.15) is 0 Å². The van der Waals surface area contributed by atoms with Gasteiger partial charge < -0.3 is 9.80 Å². The topological polar surface area (TPSA) is 66.6 Å². The molecule has 0 atom stereocenters. The zero-order valence-electron chi connectivity index (χ0n) is 18.1. The third-order valence-electron chi connectivity index (χ3n) is 5.03. The first-order valence-corrected chi connectivity index (χ1v) is 11.4. The molecular formula is C22H20ClF4N3O2S. The molecule has 0 aliphatic heterocycles. The Kier molecular flexibility index (Phi) is 6.65. The van der Waals surface area contributed by atoms with Gasteiger partial charge in [0.25, 0.3) is 0 Å². The van der Waals surface area contributed by atoms with Crippen LogP contribution >= 0.6 is 11.6 Å². The van der Waals surface area contributed by atoms with Gasteiger partial charge in [0.05, 0.1) is 21.3 Å². The summed E-state index contributed by atoms with van der Waals surface area (Å²) in [6.07, 6.45) is 0. The van der Waals surface area contributed by atoms with Gasteiger partial charge in [0.2, 0.25) is 10.0 Å². The van der Waals surface area contributed by atoms with Crippen LogP contribution in [0.25, 0.3) is 22.3 Å². The van der Waals surface area contributed by atoms with Gasteiger partial charge in [-0.3, -0.25) is 0 Å². The second kappa shape index (κ2) is 8.85. The van der Waals surface area contributed by atoms with Crippen LogP contribution in [0.1, 0.15) is 0 Å². The van der Waals surface area contributed by atoms with Crippen LogP contribution in [0.2, 0.25) is 5.02 Å². The molecule has 176 valence electrons. The number of nitrogens with two attached hydrogens (primary N) is 1. The highest BCUT2D eigenvalue weighted by molar-refractivity contribution is 7.89. The molecule has 0 fully saturated rings. The largest absolute Gasteiger partial charge is 0.376 e. The molecule has 11 heteroatoms. The molecule has 0 aliphatic carbocycles. The van der Waals surface area contributed by atoms with Gasteiger partial charge in [-0.2, -0.15) is 0 Å². The summed E-state index contributed by atoms with van der Waals surface area (Å²) >= 11 is 6.45. The Morgan fingerprint density at radius 3 is 1.48 bits per heavy atom. The molecular weight excluding hydrogens is 482 g/mol. The monoisotopic (exact) mass is 501 g/mol. The van der Waals surface area contributed by atoms with Crippen molar-refractivity contribution in [2.45, 2.75) is 4.90 Å². The Morgan fingerprint density at radius 1 is 0.727 bits per heavy atom. The number of hydrogen-bond donors (Lipinski definition) is 1. The number of sulfonamides is 1. The Balaban J connectivity index is 2.43. The number of halogens is 5. The molecule has 0 bridgehead atoms. The smallest absolute Gasteiger partial charge is 0.238 e. The lowest BCUT2D eigenvalue weighted by atomic mass is 9.92. The van der Waals surface area contributed by atoms with Crippen LogP contribution < -0.4 is 14.9 Å². The standard InChI is InChI=1S/C22H20ClF4N3O2S/c1-29(2)14-9-12(10-15(18(14)23)30(3)4)17-16(19(24)21(26)22(27)20(17)25)11-5-7-13(8-6-11)33(28,31)32/h5-10H,1-4H3,(H2,28,31,32). The van der Waals surface area contributed by atoms with Crippen molar-refractivity contribution in [2.24, 2.45) is 5.14 Å². The van der Waals surface area contributed by atoms with Crippen LogP contribution in [0.5, 0.6) is 0 Å². The molecule has 3 aromatic carbocycles. The molecule has 0 heterocycles. The summed E-state index contributed by atoms with van der Waals surface area (Å²) in [5.74, 6) is -7.19. The van der Waals surface area contributed by atoms with E-state index in [1.54, 1.807) is 38.0 Å². The van der Waals surface area contributed by atoms with Gasteiger partial charge in [0.15, 0.2) is 23.3 Å². The number of hydrogen-bond acceptors (Lipinski definition) is 4. The van der Waals surface area contributed by atoms with E-state index in [-0.39, 0.29) is 16.0 Å². The van der Waals surface area contributed by atoms with E-state index < -0.39 is 44.4 Å². The van der Waals surface area contributed by atoms with Crippen LogP contribution in [-0.4, -0.2) is 36.6 Å². The number of primary sulfonamides is 1. The average Bonchev–Trinajstić information content (AvgIpc) is 2.74. The predicted molar refractivity (Wildman–Crippen MR) is 122 cm³/mol. The van der Waals surface area contributed by atoms with Crippen molar-refractivity contribution in [3.63, 3.8) is 0 Å². The van der Waals surface area contributed by atoms with Crippen molar-refractivity contribution >= 4 is 33.0 Å². The fourth-order valence-electron chi connectivity index (χ4n) is 3.37. The third-order valence-corrected chi connectivity index (χ3v) is 6.34. The Bertz CT molecular complexity index is 1320. The lowest BCUT2D eigenvalue weighted by Crippen LogP contribution is -2.14. The first-order chi connectivity index (χ1) is 15.3. The van der Waals surface area contributed by atoms with Crippen molar-refractivity contribution in [3.05, 3.63) is 64.7 Å². The summed E-state index contributed by atoms with van der Waals surface area (Å²) in [6, 6.07) is 7.23. The van der Waals surface area contributed by atoms with Gasteiger partial charge in [-0.15, -0.1) is 0 Å². The van der Waals surface area contributed by atoms with E-state index in [1.165, 1.54) is 12.1 Å². The second-order valence-corrected chi connectivity index (χ2v) is 9.63. The summed E-state index contributed by atoms with van der Waals surface area (Å²) in [5.41, 5.74) is -0.314. The zero-order chi connectivity index (χ0) is 24.8. The summed E-state index contributed by atoms with van der Waals surface area (Å²) in [5, 5.41) is 5.39. The van der Waals surface area contributed by atoms with E-state index in [1.807, 2.05) is 0 Å². The van der Waals surface area contributed by atoms with Crippen molar-refractivity contribution in [1.82, 2.24) is 0 Å². The maximum Gasteiger partial charge on any atom is 0.238 e. The molecule has 0 saturated carbocycles. The van der Waals surface area contributed by atoms with Crippen molar-refractivity contribution < 1.29 is 26.0 Å². The minimum absolute atomic E-state index is 0.0348. The summed E-state index contributed by atoms with van der Waals surface area (Å²) in [6.45, 7) is 0. The van der Waals surface area contributed by atoms with Crippen LogP contribution in [-0.2, 0) is 10.0 Å². The molecule has 0 radical (unpaired) electrons. The number of nitrogens with zero attached hydrogens (tertiary/aromatic N) is 2. The normalized spacial score (nSPS) is 11.6. The summed E-state index contributed by atoms with van der Waals surface area (Å²) in [7, 11) is 2.66. The Hall–Kier alpha value is -2.82. The SMILES string of the molecule is CN(C)c1cc(-c2c(F)c(F)c(F)c(F)c2-c2ccc(S(N)(=O)=O)cc2)cc(N(C)C)c1Cl. The second-order valence-electron chi connectivity index (χ2n) is 7.69. The highest BCUT2D eigenvalue weighted by Crippen LogP contribution is 2.44. The summed E-state index contributed by atoms with van der Waals surface area (Å²) < 4.78 is 81.8. The molecule has 0 aromatic heterocycles. The van der Waals surface area contributed by atoms with Gasteiger partial charge in [0, 0.05) is 39.3 Å². The molecule has 5 nitrogen and oxygen atoms in total. The Morgan fingerprint density at radius 2 is 1.12 bits per heavy atom. The van der Waals surface area contributed by atoms with Gasteiger partial charge >= 0.3 is 0 Å². The molecule has 0 saturated heterocycles. The highest BCUT2D eigenvalue weighted by Gasteiger charge is 2.28. The lowest BCUT2D eigenvalue weighted by molar-refractivity contribution is 0.412. The molecule has 3 rings (SSSR count). The average molecular weight is 502 g/mol. The maximum absolute atomic E-state index is 15.2. The molecule has 0 unspecified atom stereocenters. The minimum Gasteiger partial charge on any atom is -0.376 e. The maximum atomic E-state index is 15.2. The minimum atomic E-state index is -4.06. The van der Waals surface area contributed by atoms with E-state index in [2.05, 4.69) is 0 Å². The number of anilines is 2. The number of benzene rings is 3. The van der Waals surface area contributed by atoms with Gasteiger partial charge in [-0.25, -0.2) is 31.1 Å². The van der Waals surface area contributed by atoms with E-state index in [4.69, 9.17) is 16.7 Å². The molecule has 33 heavy (non-hydrogen) atoms. The first kappa shape index (κ1) is 24.8. The van der Waals surface area contributed by atoms with E-state index in [0.29, 0.717) is 16.4 Å². The molecule has 0 spiro atoms. The predicted octanol–water partition coefficient (Wildman–Crippen LogP) is 5.01. The van der Waals surface area contributed by atoms with Crippen LogP contribution in [0, 0.1) is 23.3 Å². The Labute approximate surface area is 194 Å². The molecule has 0 aliphatic rings. The zero-order valence-corrected chi connectivity index (χ0v) is 19.6. The van der Waals surface area contributed by atoms with Gasteiger partial charge in [-0.1, -0.05) is 23.7 Å². The quantitative estimate of drug-likeness (QED) is 0.303. The molecule has 2 N–H and O–H groups in total. The van der Waals surface area contributed by atoms with Gasteiger partial charge in [-0.05, 0) is 35.4 Å². The van der Waals surface area contributed by atoms with E-state index in [0.717, 1.165) is 24.3 Å². The lowest BCUT2D eigenvalue weighted by Gasteiger charge is -2.24. The van der Waals surface area contributed by atoms with Crippen molar-refractivity contribution in [2.75, 3.05) is 38.0 Å². The van der Waals surface area contributed by atoms with Crippen LogP contribution in [0.15, 0.2) is 41.3 Å². The summed E-state index contributed by atoms with van der Waals surface area (Å²) in [4.78, 5) is 2.98. The highest BCUT2D eigenvalue weighted by atomic mass is 35.5. The van der Waals surface area contributed by atoms with E-state index in [9.17, 15) is 17.2 Å². The molecule has 3 aromatic rings. The number of rotatable bonds is 5. The van der Waals surface area contributed by atoms with Crippen molar-refractivity contribution in [3.8, 4) is 22.3 Å². The fraction of sp³-hybridized carbons (Fsp3) is 0.182. The van der Waals surface area contributed by atoms with E-state index >= 15 is 8.78 Å². The fourth-order valence-corrected chi connectivity index (χ4v) is 4.34. The van der Waals surface area contributed by atoms with Crippen LogP contribution in [0.3, 0.4) is 0 Å². The van der Waals surface area contributed by atoms with Crippen LogP contribution in [0.4, 0.5) is 28.9 Å². The molecule has 0 amide bonds.